The number of fused-ring (bicyclic) bond motifs is 1. The molecule has 0 aromatic heterocycles. The first-order chi connectivity index (χ1) is 10.1. The molecule has 0 fully saturated rings. The minimum atomic E-state index is -0.0494. The van der Waals surface area contributed by atoms with Crippen molar-refractivity contribution in [2.75, 3.05) is 26.2 Å². The topological polar surface area (TPSA) is 50.8 Å². The number of carbonyl (C=O) groups is 1. The lowest BCUT2D eigenvalue weighted by atomic mass is 10.2. The molecular formula is C16H24N2O3. The summed E-state index contributed by atoms with van der Waals surface area (Å²) in [7, 11) is 0. The van der Waals surface area contributed by atoms with E-state index < -0.39 is 0 Å². The molecule has 0 saturated carbocycles. The number of nitrogens with one attached hydrogen (secondary N) is 1. The molecule has 1 amide bonds. The van der Waals surface area contributed by atoms with Gasteiger partial charge in [0.25, 0.3) is 0 Å². The minimum absolute atomic E-state index is 0.0453. The number of carbonyl (C=O) groups excluding carboxylic acids is 1. The van der Waals surface area contributed by atoms with Gasteiger partial charge in [-0.3, -0.25) is 9.69 Å². The summed E-state index contributed by atoms with van der Waals surface area (Å²) in [5.74, 6) is 1.61. The van der Waals surface area contributed by atoms with Crippen molar-refractivity contribution in [3.8, 4) is 11.5 Å². The lowest BCUT2D eigenvalue weighted by Gasteiger charge is -2.30. The molecule has 1 heterocycles. The quantitative estimate of drug-likeness (QED) is 0.866. The van der Waals surface area contributed by atoms with Crippen LogP contribution in [0.1, 0.15) is 20.8 Å². The second-order valence-electron chi connectivity index (χ2n) is 5.55. The van der Waals surface area contributed by atoms with Crippen LogP contribution in [0.15, 0.2) is 24.3 Å². The third-order valence-corrected chi connectivity index (χ3v) is 3.29. The molecule has 0 bridgehead atoms. The van der Waals surface area contributed by atoms with Crippen LogP contribution in [0, 0.1) is 0 Å². The van der Waals surface area contributed by atoms with Crippen LogP contribution in [-0.2, 0) is 4.79 Å². The van der Waals surface area contributed by atoms with Crippen molar-refractivity contribution in [1.82, 2.24) is 10.2 Å². The standard InChI is InChI=1S/C16H24N2O3/c1-4-18(10-16(19)17-12(2)3)9-13-11-20-14-7-5-6-8-15(14)21-13/h5-8,12-13H,4,9-11H2,1-3H3,(H,17,19). The Bertz CT molecular complexity index is 476. The van der Waals surface area contributed by atoms with Gasteiger partial charge < -0.3 is 14.8 Å². The zero-order chi connectivity index (χ0) is 15.2. The fourth-order valence-electron chi connectivity index (χ4n) is 2.32. The first kappa shape index (κ1) is 15.6. The molecule has 5 heteroatoms. The summed E-state index contributed by atoms with van der Waals surface area (Å²) < 4.78 is 11.6. The summed E-state index contributed by atoms with van der Waals surface area (Å²) >= 11 is 0. The molecular weight excluding hydrogens is 268 g/mol. The van der Waals surface area contributed by atoms with Crippen LogP contribution in [0.25, 0.3) is 0 Å². The van der Waals surface area contributed by atoms with Gasteiger partial charge in [0, 0.05) is 12.6 Å². The van der Waals surface area contributed by atoms with E-state index >= 15 is 0 Å². The third kappa shape index (κ3) is 4.63. The van der Waals surface area contributed by atoms with Gasteiger partial charge >= 0.3 is 0 Å². The summed E-state index contributed by atoms with van der Waals surface area (Å²) in [6.07, 6.45) is -0.0494. The van der Waals surface area contributed by atoms with Crippen molar-refractivity contribution in [1.29, 1.82) is 0 Å². The maximum Gasteiger partial charge on any atom is 0.234 e. The van der Waals surface area contributed by atoms with E-state index in [0.29, 0.717) is 19.7 Å². The summed E-state index contributed by atoms with van der Waals surface area (Å²) in [6.45, 7) is 8.34. The molecule has 0 spiro atoms. The Labute approximate surface area is 126 Å². The lowest BCUT2D eigenvalue weighted by molar-refractivity contribution is -0.123. The molecule has 0 radical (unpaired) electrons. The second kappa shape index (κ2) is 7.31. The molecule has 1 unspecified atom stereocenters. The number of para-hydroxylation sites is 2. The number of rotatable bonds is 6. The van der Waals surface area contributed by atoms with Crippen LogP contribution in [0.5, 0.6) is 11.5 Å². The molecule has 1 aromatic rings. The highest BCUT2D eigenvalue weighted by Gasteiger charge is 2.23. The number of nitrogens with zero attached hydrogens (tertiary/aromatic N) is 1. The Morgan fingerprint density at radius 2 is 2.10 bits per heavy atom. The van der Waals surface area contributed by atoms with Gasteiger partial charge in [0.2, 0.25) is 5.91 Å². The van der Waals surface area contributed by atoms with E-state index in [1.54, 1.807) is 0 Å². The fraction of sp³-hybridized carbons (Fsp3) is 0.562. The van der Waals surface area contributed by atoms with Crippen molar-refractivity contribution in [2.45, 2.75) is 32.9 Å². The van der Waals surface area contributed by atoms with Crippen LogP contribution < -0.4 is 14.8 Å². The normalized spacial score (nSPS) is 17.1. The largest absolute Gasteiger partial charge is 0.486 e. The van der Waals surface area contributed by atoms with Gasteiger partial charge in [0.15, 0.2) is 11.5 Å². The summed E-state index contributed by atoms with van der Waals surface area (Å²) in [4.78, 5) is 13.9. The first-order valence-corrected chi connectivity index (χ1v) is 7.48. The summed E-state index contributed by atoms with van der Waals surface area (Å²) in [5, 5.41) is 2.91. The molecule has 5 nitrogen and oxygen atoms in total. The average molecular weight is 292 g/mol. The Morgan fingerprint density at radius 3 is 2.76 bits per heavy atom. The molecule has 116 valence electrons. The molecule has 2 rings (SSSR count). The van der Waals surface area contributed by atoms with E-state index in [1.807, 2.05) is 45.0 Å². The molecule has 1 atom stereocenters. The minimum Gasteiger partial charge on any atom is -0.486 e. The van der Waals surface area contributed by atoms with E-state index in [2.05, 4.69) is 10.2 Å². The van der Waals surface area contributed by atoms with Gasteiger partial charge in [0.05, 0.1) is 6.54 Å². The highest BCUT2D eigenvalue weighted by Crippen LogP contribution is 2.30. The highest BCUT2D eigenvalue weighted by molar-refractivity contribution is 5.78. The summed E-state index contributed by atoms with van der Waals surface area (Å²) in [5.41, 5.74) is 0. The van der Waals surface area contributed by atoms with Crippen LogP contribution in [0.4, 0.5) is 0 Å². The smallest absolute Gasteiger partial charge is 0.234 e. The Hall–Kier alpha value is -1.75. The number of hydrogen-bond donors (Lipinski definition) is 1. The van der Waals surface area contributed by atoms with Crippen molar-refractivity contribution in [3.63, 3.8) is 0 Å². The molecule has 0 saturated heterocycles. The van der Waals surface area contributed by atoms with Crippen molar-refractivity contribution >= 4 is 5.91 Å². The number of amides is 1. The predicted octanol–water partition coefficient (Wildman–Crippen LogP) is 1.67. The van der Waals surface area contributed by atoms with E-state index in [9.17, 15) is 4.79 Å². The van der Waals surface area contributed by atoms with Gasteiger partial charge in [-0.05, 0) is 32.5 Å². The van der Waals surface area contributed by atoms with E-state index in [0.717, 1.165) is 18.0 Å². The monoisotopic (exact) mass is 292 g/mol. The number of likely N-dealkylation sites (N-methyl/N-ethyl adjacent to an activating group) is 1. The SMILES string of the molecule is CCN(CC(=O)NC(C)C)CC1COc2ccccc2O1. The van der Waals surface area contributed by atoms with E-state index in [4.69, 9.17) is 9.47 Å². The number of hydrogen-bond acceptors (Lipinski definition) is 4. The zero-order valence-electron chi connectivity index (χ0n) is 13.0. The van der Waals surface area contributed by atoms with Crippen molar-refractivity contribution < 1.29 is 14.3 Å². The first-order valence-electron chi connectivity index (χ1n) is 7.48. The highest BCUT2D eigenvalue weighted by atomic mass is 16.6. The Kier molecular flexibility index (Phi) is 5.44. The molecule has 1 aliphatic rings. The zero-order valence-corrected chi connectivity index (χ0v) is 13.0. The lowest BCUT2D eigenvalue weighted by Crippen LogP contribution is -2.46. The molecule has 0 aliphatic carbocycles. The second-order valence-corrected chi connectivity index (χ2v) is 5.55. The van der Waals surface area contributed by atoms with E-state index in [-0.39, 0.29) is 18.1 Å². The van der Waals surface area contributed by atoms with Gasteiger partial charge in [-0.15, -0.1) is 0 Å². The Morgan fingerprint density at radius 1 is 1.38 bits per heavy atom. The number of benzene rings is 1. The van der Waals surface area contributed by atoms with Crippen LogP contribution in [-0.4, -0.2) is 49.2 Å². The van der Waals surface area contributed by atoms with Crippen LogP contribution in [0.2, 0.25) is 0 Å². The maximum atomic E-state index is 11.8. The van der Waals surface area contributed by atoms with Crippen LogP contribution >= 0.6 is 0 Å². The molecule has 1 aliphatic heterocycles. The van der Waals surface area contributed by atoms with Crippen molar-refractivity contribution in [3.05, 3.63) is 24.3 Å². The molecule has 21 heavy (non-hydrogen) atoms. The average Bonchev–Trinajstić information content (AvgIpc) is 2.45. The van der Waals surface area contributed by atoms with Gasteiger partial charge in [-0.1, -0.05) is 19.1 Å². The van der Waals surface area contributed by atoms with E-state index in [1.165, 1.54) is 0 Å². The van der Waals surface area contributed by atoms with Crippen molar-refractivity contribution in [2.24, 2.45) is 0 Å². The maximum absolute atomic E-state index is 11.8. The summed E-state index contributed by atoms with van der Waals surface area (Å²) in [6, 6.07) is 7.83. The van der Waals surface area contributed by atoms with Gasteiger partial charge in [0.1, 0.15) is 12.7 Å². The Balaban J connectivity index is 1.87. The van der Waals surface area contributed by atoms with Crippen LogP contribution in [0.3, 0.4) is 0 Å². The predicted molar refractivity (Wildman–Crippen MR) is 81.7 cm³/mol. The third-order valence-electron chi connectivity index (χ3n) is 3.29. The number of ether oxygens (including phenoxy) is 2. The molecule has 1 aromatic carbocycles. The van der Waals surface area contributed by atoms with Gasteiger partial charge in [-0.25, -0.2) is 0 Å². The fourth-order valence-corrected chi connectivity index (χ4v) is 2.32. The molecule has 1 N–H and O–H groups in total. The van der Waals surface area contributed by atoms with Gasteiger partial charge in [-0.2, -0.15) is 0 Å².